The second kappa shape index (κ2) is 33.0. The van der Waals surface area contributed by atoms with E-state index in [1.165, 1.54) is 89.9 Å². The first-order valence-electron chi connectivity index (χ1n) is 23.3. The molecule has 19 heteroatoms. The zero-order chi connectivity index (χ0) is 48.1. The maximum Gasteiger partial charge on any atom is 0.303 e. The summed E-state index contributed by atoms with van der Waals surface area (Å²) in [5.74, 6) is -4.18. The lowest BCUT2D eigenvalue weighted by Gasteiger charge is -2.48. The minimum absolute atomic E-state index is 0.143. The summed E-state index contributed by atoms with van der Waals surface area (Å²) in [6.07, 6.45) is 5.60. The van der Waals surface area contributed by atoms with Gasteiger partial charge in [0.1, 0.15) is 31.5 Å². The molecule has 0 aromatic heterocycles. The van der Waals surface area contributed by atoms with Crippen LogP contribution in [0.4, 0.5) is 0 Å². The number of thioether (sulfide) groups is 1. The third kappa shape index (κ3) is 24.2. The van der Waals surface area contributed by atoms with Crippen LogP contribution in [0.3, 0.4) is 0 Å². The van der Waals surface area contributed by atoms with E-state index in [9.17, 15) is 33.6 Å². The normalized spacial score (nSPS) is 25.2. The van der Waals surface area contributed by atoms with Crippen LogP contribution in [0.5, 0.6) is 0 Å². The van der Waals surface area contributed by atoms with E-state index >= 15 is 0 Å². The number of esters is 7. The van der Waals surface area contributed by atoms with Gasteiger partial charge in [-0.3, -0.25) is 33.6 Å². The van der Waals surface area contributed by atoms with Crippen LogP contribution in [-0.2, 0) is 85.7 Å². The maximum atomic E-state index is 12.7. The number of ether oxygens (including phenoxy) is 11. The standard InChI is InChI=1S/C46H76O18S/c1-9-10-11-12-13-14-15-16-17-18-19-20-21-22-23-24-26-65-27-25-54-45-43(60-35(7)52)42(59-34(6)51)40(38(62-45)29-56-31(3)48)64-46-44(61-36(8)53)41(58-33(5)50)39(57-32(4)49)37(63-46)28-55-30(2)47/h37-46H,9-29H2,1-8H3/t37-,38-,39+,40+,41+,42+,43-,44-,45+,46+/m1/s1. The SMILES string of the molecule is CCCCCCCCCCCCCCCCCCSCCO[C@H]1O[C@H](COC(C)=O)[C@H](O[C@@H]2O[C@H](COC(C)=O)[C@H](OC(C)=O)[C@H](OC(C)=O)[C@H]2OC(C)=O)[C@H](OC(C)=O)[C@H]1OC(C)=O. The molecule has 10 atom stereocenters. The van der Waals surface area contributed by atoms with Crippen LogP contribution in [0, 0.1) is 0 Å². The Kier molecular flexibility index (Phi) is 29.3. The summed E-state index contributed by atoms with van der Waals surface area (Å²) in [5.41, 5.74) is 0. The van der Waals surface area contributed by atoms with Gasteiger partial charge in [0, 0.05) is 54.2 Å². The summed E-state index contributed by atoms with van der Waals surface area (Å²) < 4.78 is 63.3. The van der Waals surface area contributed by atoms with Gasteiger partial charge in [-0.05, 0) is 12.2 Å². The summed E-state index contributed by atoms with van der Waals surface area (Å²) in [7, 11) is 0. The van der Waals surface area contributed by atoms with Crippen molar-refractivity contribution in [2.45, 2.75) is 220 Å². The predicted molar refractivity (Wildman–Crippen MR) is 236 cm³/mol. The lowest BCUT2D eigenvalue weighted by molar-refractivity contribution is -0.360. The molecule has 65 heavy (non-hydrogen) atoms. The first kappa shape index (κ1) is 57.6. The van der Waals surface area contributed by atoms with Gasteiger partial charge >= 0.3 is 41.8 Å². The highest BCUT2D eigenvalue weighted by Gasteiger charge is 2.57. The summed E-state index contributed by atoms with van der Waals surface area (Å²) in [4.78, 5) is 86.4. The molecule has 374 valence electrons. The Morgan fingerprint density at radius 1 is 0.400 bits per heavy atom. The molecule has 0 aliphatic carbocycles. The van der Waals surface area contributed by atoms with E-state index in [1.807, 2.05) is 0 Å². The lowest BCUT2D eigenvalue weighted by atomic mass is 9.96. The van der Waals surface area contributed by atoms with E-state index in [0.717, 1.165) is 67.1 Å². The molecule has 2 rings (SSSR count). The Labute approximate surface area is 389 Å². The molecular formula is C46H76O18S. The smallest absolute Gasteiger partial charge is 0.303 e. The number of unbranched alkanes of at least 4 members (excludes halogenated alkanes) is 15. The molecule has 2 heterocycles. The minimum atomic E-state index is -1.77. The van der Waals surface area contributed by atoms with Crippen molar-refractivity contribution in [2.75, 3.05) is 31.3 Å². The molecule has 0 amide bonds. The topological polar surface area (TPSA) is 221 Å². The van der Waals surface area contributed by atoms with Crippen molar-refractivity contribution >= 4 is 53.5 Å². The van der Waals surface area contributed by atoms with E-state index in [2.05, 4.69) is 6.92 Å². The molecule has 0 saturated carbocycles. The molecule has 0 spiro atoms. The summed E-state index contributed by atoms with van der Waals surface area (Å²) >= 11 is 1.69. The average Bonchev–Trinajstić information content (AvgIpc) is 3.21. The summed E-state index contributed by atoms with van der Waals surface area (Å²) in [6.45, 7) is 9.08. The molecule has 0 unspecified atom stereocenters. The maximum absolute atomic E-state index is 12.7. The van der Waals surface area contributed by atoms with Crippen LogP contribution in [0.2, 0.25) is 0 Å². The molecule has 0 bridgehead atoms. The second-order valence-electron chi connectivity index (χ2n) is 16.4. The molecule has 2 fully saturated rings. The Bertz CT molecular complexity index is 1440. The monoisotopic (exact) mass is 948 g/mol. The van der Waals surface area contributed by atoms with E-state index < -0.39 is 116 Å². The van der Waals surface area contributed by atoms with Crippen LogP contribution in [0.1, 0.15) is 158 Å². The van der Waals surface area contributed by atoms with Crippen molar-refractivity contribution in [3.05, 3.63) is 0 Å². The number of carbonyl (C=O) groups is 7. The average molecular weight is 949 g/mol. The molecule has 18 nitrogen and oxygen atoms in total. The molecule has 2 aliphatic heterocycles. The van der Waals surface area contributed by atoms with Gasteiger partial charge in [-0.15, -0.1) is 0 Å². The fraction of sp³-hybridized carbons (Fsp3) is 0.848. The molecule has 0 N–H and O–H groups in total. The molecular weight excluding hydrogens is 873 g/mol. The number of carbonyl (C=O) groups excluding carboxylic acids is 7. The molecule has 0 aromatic carbocycles. The van der Waals surface area contributed by atoms with Gasteiger partial charge in [-0.1, -0.05) is 103 Å². The first-order chi connectivity index (χ1) is 31.0. The highest BCUT2D eigenvalue weighted by molar-refractivity contribution is 7.99. The van der Waals surface area contributed by atoms with Crippen LogP contribution < -0.4 is 0 Å². The van der Waals surface area contributed by atoms with Crippen molar-refractivity contribution in [2.24, 2.45) is 0 Å². The van der Waals surface area contributed by atoms with E-state index in [4.69, 9.17) is 52.1 Å². The van der Waals surface area contributed by atoms with Crippen LogP contribution >= 0.6 is 11.8 Å². The van der Waals surface area contributed by atoms with Crippen LogP contribution in [0.15, 0.2) is 0 Å². The number of hydrogen-bond acceptors (Lipinski definition) is 19. The van der Waals surface area contributed by atoms with E-state index in [0.29, 0.717) is 5.75 Å². The highest BCUT2D eigenvalue weighted by Crippen LogP contribution is 2.36. The summed E-state index contributed by atoms with van der Waals surface area (Å²) in [5, 5.41) is 0. The summed E-state index contributed by atoms with van der Waals surface area (Å²) in [6, 6.07) is 0. The zero-order valence-electron chi connectivity index (χ0n) is 39.9. The lowest BCUT2D eigenvalue weighted by Crippen LogP contribution is -2.67. The number of hydrogen-bond donors (Lipinski definition) is 0. The minimum Gasteiger partial charge on any atom is -0.463 e. The van der Waals surface area contributed by atoms with Crippen molar-refractivity contribution in [3.8, 4) is 0 Å². The largest absolute Gasteiger partial charge is 0.463 e. The van der Waals surface area contributed by atoms with Crippen molar-refractivity contribution in [1.82, 2.24) is 0 Å². The fourth-order valence-corrected chi connectivity index (χ4v) is 8.51. The van der Waals surface area contributed by atoms with Gasteiger partial charge in [0.25, 0.3) is 0 Å². The first-order valence-corrected chi connectivity index (χ1v) is 24.5. The van der Waals surface area contributed by atoms with Crippen LogP contribution in [-0.4, -0.2) is 135 Å². The van der Waals surface area contributed by atoms with Gasteiger partial charge in [0.05, 0.1) is 6.61 Å². The van der Waals surface area contributed by atoms with Gasteiger partial charge in [0.15, 0.2) is 43.1 Å². The molecule has 0 aromatic rings. The highest BCUT2D eigenvalue weighted by atomic mass is 32.2. The van der Waals surface area contributed by atoms with Crippen molar-refractivity contribution in [3.63, 3.8) is 0 Å². The Hall–Kier alpha value is -3.52. The molecule has 2 aliphatic rings. The van der Waals surface area contributed by atoms with E-state index in [1.54, 1.807) is 11.8 Å². The van der Waals surface area contributed by atoms with Crippen molar-refractivity contribution in [1.29, 1.82) is 0 Å². The second-order valence-corrected chi connectivity index (χ2v) is 17.7. The van der Waals surface area contributed by atoms with Gasteiger partial charge in [-0.2, -0.15) is 11.8 Å². The van der Waals surface area contributed by atoms with Gasteiger partial charge < -0.3 is 52.1 Å². The fourth-order valence-electron chi connectivity index (χ4n) is 7.68. The van der Waals surface area contributed by atoms with E-state index in [-0.39, 0.29) is 6.61 Å². The Morgan fingerprint density at radius 2 is 0.754 bits per heavy atom. The molecule has 2 saturated heterocycles. The van der Waals surface area contributed by atoms with Crippen molar-refractivity contribution < 1.29 is 85.7 Å². The quantitative estimate of drug-likeness (QED) is 0.0393. The van der Waals surface area contributed by atoms with Crippen LogP contribution in [0.25, 0.3) is 0 Å². The third-order valence-electron chi connectivity index (χ3n) is 10.5. The third-order valence-corrected chi connectivity index (χ3v) is 11.6. The Morgan fingerprint density at radius 3 is 1.18 bits per heavy atom. The molecule has 0 radical (unpaired) electrons. The zero-order valence-corrected chi connectivity index (χ0v) is 40.7. The van der Waals surface area contributed by atoms with Gasteiger partial charge in [-0.25, -0.2) is 0 Å². The van der Waals surface area contributed by atoms with Gasteiger partial charge in [0.2, 0.25) is 0 Å². The number of rotatable bonds is 32. The predicted octanol–water partition coefficient (Wildman–Crippen LogP) is 6.62. The Balaban J connectivity index is 2.15.